The highest BCUT2D eigenvalue weighted by molar-refractivity contribution is 9.10. The molecule has 39 heteroatoms. The molecule has 5 aliphatic rings. The third kappa shape index (κ3) is 27.5. The number of ether oxygens (including phenoxy) is 4. The molecule has 7 heterocycles. The summed E-state index contributed by atoms with van der Waals surface area (Å²) < 4.78 is 169. The lowest BCUT2D eigenvalue weighted by molar-refractivity contribution is -0.668. The minimum atomic E-state index is -4.16. The van der Waals surface area contributed by atoms with E-state index in [1.807, 2.05) is 48.6 Å². The number of fused-ring (bicyclic) bond motifs is 8. The number of nitrogens with one attached hydrogen (secondary N) is 2. The molecule has 1 unspecified atom stereocenters. The van der Waals surface area contributed by atoms with Gasteiger partial charge in [0.25, 0.3) is 50.5 Å². The zero-order chi connectivity index (χ0) is 87.4. The van der Waals surface area contributed by atoms with Crippen molar-refractivity contribution in [3.05, 3.63) is 167 Å². The molecule has 124 heavy (non-hydrogen) atoms. The Morgan fingerprint density at radius 3 is 1.40 bits per heavy atom. The number of anilines is 1. The predicted octanol–water partition coefficient (Wildman–Crippen LogP) is 10.8. The Labute approximate surface area is 758 Å². The average molecular weight is 1990 g/mol. The minimum Gasteiger partial charge on any atom is -0.379 e. The number of allylic oxidation sites excluding steroid dienone is 3. The molecule has 8 aromatic rings. The maximum Gasteiger partial charge on any atom is 0.265 e. The van der Waals surface area contributed by atoms with Crippen molar-refractivity contribution in [1.29, 1.82) is 0 Å². The van der Waals surface area contributed by atoms with Crippen LogP contribution < -0.4 is 24.7 Å². The monoisotopic (exact) mass is 1980 g/mol. The number of nitrogens with zero attached hydrogens (tertiary/aromatic N) is 9. The highest BCUT2D eigenvalue weighted by Gasteiger charge is 2.35. The smallest absolute Gasteiger partial charge is 0.265 e. The van der Waals surface area contributed by atoms with E-state index < -0.39 is 40.5 Å². The third-order valence-electron chi connectivity index (χ3n) is 21.9. The zero-order valence-electron chi connectivity index (χ0n) is 68.9. The second kappa shape index (κ2) is 44.8. The molecular formula is C85H107Br2N11O18S8+4. The van der Waals surface area contributed by atoms with E-state index in [0.717, 1.165) is 98.0 Å². The molecule has 0 saturated carbocycles. The normalized spacial score (nSPS) is 17.3. The molecule has 29 nitrogen and oxygen atoms in total. The molecule has 0 aliphatic carbocycles. The van der Waals surface area contributed by atoms with Gasteiger partial charge in [-0.15, -0.1) is 0 Å². The molecule has 2 amide bonds. The fraction of sp³-hybridized carbons (Fsp3) is 0.459. The van der Waals surface area contributed by atoms with Crippen LogP contribution in [0.3, 0.4) is 0 Å². The molecule has 668 valence electrons. The van der Waals surface area contributed by atoms with Crippen LogP contribution in [0.5, 0.6) is 0 Å². The number of piperazine rings is 1. The van der Waals surface area contributed by atoms with Crippen LogP contribution >= 0.6 is 78.1 Å². The molecule has 1 atom stereocenters. The van der Waals surface area contributed by atoms with Crippen molar-refractivity contribution in [3.63, 3.8) is 0 Å². The molecule has 0 spiro atoms. The van der Waals surface area contributed by atoms with E-state index in [1.165, 1.54) is 5.56 Å². The zero-order valence-corrected chi connectivity index (χ0v) is 78.6. The summed E-state index contributed by atoms with van der Waals surface area (Å²) in [7, 11) is -16.6. The van der Waals surface area contributed by atoms with Crippen LogP contribution in [-0.2, 0) is 82.1 Å². The summed E-state index contributed by atoms with van der Waals surface area (Å²) in [4.78, 5) is 40.6. The number of amides is 2. The number of carbonyl (C=O) groups is 2. The lowest BCUT2D eigenvalue weighted by Gasteiger charge is -2.24. The number of benzene rings is 6. The molecule has 6 N–H and O–H groups in total. The first-order chi connectivity index (χ1) is 59.6. The van der Waals surface area contributed by atoms with E-state index in [1.54, 1.807) is 46.2 Å². The number of hydrogen-bond donors (Lipinski definition) is 6. The van der Waals surface area contributed by atoms with Gasteiger partial charge in [-0.25, -0.2) is 9.15 Å². The van der Waals surface area contributed by atoms with Gasteiger partial charge in [0.2, 0.25) is 49.0 Å². The maximum atomic E-state index is 13.1. The summed E-state index contributed by atoms with van der Waals surface area (Å²) in [6, 6.07) is 37.2. The number of thiazole rings is 2. The number of rotatable bonds is 46. The van der Waals surface area contributed by atoms with Crippen LogP contribution in [0.25, 0.3) is 54.1 Å². The lowest BCUT2D eigenvalue weighted by Crippen LogP contribution is -2.37. The van der Waals surface area contributed by atoms with Crippen LogP contribution in [0.2, 0.25) is 0 Å². The van der Waals surface area contributed by atoms with Crippen molar-refractivity contribution in [2.45, 2.75) is 86.6 Å². The fourth-order valence-electron chi connectivity index (χ4n) is 16.0. The van der Waals surface area contributed by atoms with E-state index in [9.17, 15) is 61.5 Å². The number of thioether (sulfide) groups is 2. The van der Waals surface area contributed by atoms with Crippen molar-refractivity contribution >= 4 is 203 Å². The second-order valence-corrected chi connectivity index (χ2v) is 43.2. The van der Waals surface area contributed by atoms with Gasteiger partial charge in [-0.3, -0.25) is 27.8 Å². The summed E-state index contributed by atoms with van der Waals surface area (Å²) in [6.07, 6.45) is 16.0. The van der Waals surface area contributed by atoms with Crippen LogP contribution in [0, 0.1) is 0 Å². The van der Waals surface area contributed by atoms with Gasteiger partial charge in [0.15, 0.2) is 25.5 Å². The van der Waals surface area contributed by atoms with E-state index in [-0.39, 0.29) is 79.3 Å². The van der Waals surface area contributed by atoms with E-state index >= 15 is 0 Å². The van der Waals surface area contributed by atoms with Gasteiger partial charge in [0.05, 0.1) is 96.8 Å². The summed E-state index contributed by atoms with van der Waals surface area (Å²) in [5, 5.41) is 13.2. The summed E-state index contributed by atoms with van der Waals surface area (Å²) in [5.41, 5.74) is 4.28. The lowest BCUT2D eigenvalue weighted by atomic mass is 9.95. The Hall–Kier alpha value is -7.00. The molecule has 3 fully saturated rings. The van der Waals surface area contributed by atoms with Crippen molar-refractivity contribution in [2.24, 2.45) is 0 Å². The van der Waals surface area contributed by atoms with Crippen molar-refractivity contribution in [2.75, 3.05) is 179 Å². The van der Waals surface area contributed by atoms with Crippen molar-refractivity contribution in [1.82, 2.24) is 30.2 Å². The minimum absolute atomic E-state index is 0.0478. The molecular weight excluding hydrogens is 1880 g/mol. The first kappa shape index (κ1) is 94.6. The molecule has 0 bridgehead atoms. The maximum absolute atomic E-state index is 13.1. The van der Waals surface area contributed by atoms with Crippen molar-refractivity contribution in [3.8, 4) is 0 Å². The number of aryl methyl sites for hydroxylation is 2. The Morgan fingerprint density at radius 2 is 0.911 bits per heavy atom. The highest BCUT2D eigenvalue weighted by Crippen LogP contribution is 2.52. The largest absolute Gasteiger partial charge is 0.379 e. The van der Waals surface area contributed by atoms with Gasteiger partial charge in [0.1, 0.15) is 21.0 Å². The number of hydrogen-bond acceptors (Lipinski definition) is 23. The van der Waals surface area contributed by atoms with E-state index in [2.05, 4.69) is 183 Å². The summed E-state index contributed by atoms with van der Waals surface area (Å²) in [6.45, 7) is 12.3. The van der Waals surface area contributed by atoms with Crippen LogP contribution in [0.15, 0.2) is 162 Å². The molecule has 2 aromatic heterocycles. The van der Waals surface area contributed by atoms with Gasteiger partial charge in [-0.05, 0) is 109 Å². The average Bonchev–Trinajstić information content (AvgIpc) is 1.61. The standard InChI is InChI=1S/C85H103Br2N11O18S8/c86-65-19-23-72-70(59-65)69(76(117-72)61-81-97(34-9-57-123(107,108)109)84-67-13-3-1-11-63(67)17-21-74(84)119-81)27-47-113-51-52-114-48-28-88-77(99)15-5-30-92-42-44-94(32-7-55-121(101,102)103)79(92)25-36-90-38-40-91(41-39-90)37-26-80-93(43-45-95(80)33-8-56-122(104,105)106)31-6-16-78(100)89-29-49-115-53-54-116-50-46-96-71-60-66(87)20-24-73(71)118-82(96)62-83-98(35-10-58-124(110,111)112)85-68-14-4-2-12-64(68)18-22-75(85)120-83/h1-4,11-14,17-26,36-37,59-62,69H,5-10,15-16,27-35,38-58H2,(H2-4,88,89,99,100,101,102,103,104,105,106,107,108,109,110,111,112)/p+4. The first-order valence-corrected chi connectivity index (χ1v) is 53.0. The fourth-order valence-corrected chi connectivity index (χ4v) is 23.5. The SMILES string of the molecule is O=C(CCCN1CCN(CCCS(=O)(=O)O)C1=CC=[N+]1CC[N+](=CC=C2N(CCCC(=O)NCCOCCOCCN3C(=Cc4sc5ccc6ccccc6c5[n+]4CCCS(=O)(=O)O)Sc4ccc(Br)cc43)CCN2CCCS(=O)(=O)O)CC1)NCCOCCOCCC1C(=Cc2sc3ccc4ccccc4c3[n+]2CCCS(=O)(=O)O)Sc2ccc(Br)cc21. The van der Waals surface area contributed by atoms with Crippen molar-refractivity contribution < 1.29 is 98.7 Å². The first-order valence-electron chi connectivity index (χ1n) is 41.7. The number of aromatic nitrogens is 2. The highest BCUT2D eigenvalue weighted by atomic mass is 79.9. The van der Waals surface area contributed by atoms with Gasteiger partial charge < -0.3 is 54.1 Å². The topological polar surface area (TPSA) is 343 Å². The molecule has 3 saturated heterocycles. The molecule has 6 aromatic carbocycles. The summed E-state index contributed by atoms with van der Waals surface area (Å²) >= 11 is 14.0. The Bertz CT molecular complexity index is 5470. The quantitative estimate of drug-likeness (QED) is 0.0117. The Morgan fingerprint density at radius 1 is 0.476 bits per heavy atom. The van der Waals surface area contributed by atoms with E-state index in [0.29, 0.717) is 183 Å². The molecule has 5 aliphatic heterocycles. The van der Waals surface area contributed by atoms with E-state index in [4.69, 9.17) is 18.9 Å². The van der Waals surface area contributed by atoms with Crippen LogP contribution in [0.1, 0.15) is 79.3 Å². The Balaban J connectivity index is 0.529. The third-order valence-corrected chi connectivity index (χ3v) is 30.7. The number of carbonyl (C=O) groups excluding carboxylic acids is 2. The molecule has 13 rings (SSSR count). The van der Waals surface area contributed by atoms with Gasteiger partial charge >= 0.3 is 0 Å². The predicted molar refractivity (Wildman–Crippen MR) is 496 cm³/mol. The summed E-state index contributed by atoms with van der Waals surface area (Å²) in [5.74, 6) is 0.254. The van der Waals surface area contributed by atoms with Gasteiger partial charge in [0, 0.05) is 152 Å². The van der Waals surface area contributed by atoms with Crippen LogP contribution in [-0.4, -0.2) is 279 Å². The van der Waals surface area contributed by atoms with Gasteiger partial charge in [-0.2, -0.15) is 42.8 Å². The van der Waals surface area contributed by atoms with Crippen LogP contribution in [0.4, 0.5) is 5.69 Å². The number of halogens is 2. The van der Waals surface area contributed by atoms with Gasteiger partial charge in [-0.1, -0.05) is 127 Å². The second-order valence-electron chi connectivity index (χ2n) is 30.8. The Kier molecular flexibility index (Phi) is 34.2. The molecule has 0 radical (unpaired) electrons.